The maximum atomic E-state index is 12.5. The highest BCUT2D eigenvalue weighted by molar-refractivity contribution is 7.16. The Hall–Kier alpha value is -3.36. The monoisotopic (exact) mass is 405 g/mol. The van der Waals surface area contributed by atoms with Crippen molar-refractivity contribution >= 4 is 54.9 Å². The molecule has 0 atom stereocenters. The fourth-order valence-corrected chi connectivity index (χ4v) is 4.28. The molecule has 136 valence electrons. The maximum Gasteiger partial charge on any atom is 0.345 e. The van der Waals surface area contributed by atoms with Crippen molar-refractivity contribution in [3.63, 3.8) is 0 Å². The maximum absolute atomic E-state index is 12.5. The van der Waals surface area contributed by atoms with Gasteiger partial charge >= 0.3 is 5.63 Å². The Morgan fingerprint density at radius 2 is 1.96 bits per heavy atom. The van der Waals surface area contributed by atoms with Gasteiger partial charge < -0.3 is 4.42 Å². The summed E-state index contributed by atoms with van der Waals surface area (Å²) in [6.07, 6.45) is 0. The molecule has 3 aromatic heterocycles. The minimum Gasteiger partial charge on any atom is -0.422 e. The van der Waals surface area contributed by atoms with Crippen LogP contribution in [0.4, 0.5) is 5.13 Å². The number of aromatic nitrogens is 2. The van der Waals surface area contributed by atoms with E-state index in [1.54, 1.807) is 35.2 Å². The molecule has 0 saturated heterocycles. The number of benzene rings is 2. The van der Waals surface area contributed by atoms with Gasteiger partial charge in [-0.25, -0.2) is 14.8 Å². The molecule has 0 aliphatic carbocycles. The van der Waals surface area contributed by atoms with Gasteiger partial charge in [-0.05, 0) is 30.3 Å². The summed E-state index contributed by atoms with van der Waals surface area (Å²) in [5.41, 5.74) is 4.03. The van der Waals surface area contributed by atoms with Crippen LogP contribution in [-0.2, 0) is 0 Å². The summed E-state index contributed by atoms with van der Waals surface area (Å²) in [6, 6.07) is 14.4. The highest BCUT2D eigenvalue weighted by Gasteiger charge is 2.14. The predicted octanol–water partition coefficient (Wildman–Crippen LogP) is 4.78. The second kappa shape index (κ2) is 6.66. The van der Waals surface area contributed by atoms with Gasteiger partial charge in [-0.1, -0.05) is 18.2 Å². The summed E-state index contributed by atoms with van der Waals surface area (Å²) in [4.78, 5) is 33.4. The molecule has 0 aliphatic rings. The van der Waals surface area contributed by atoms with Crippen LogP contribution >= 0.6 is 22.7 Å². The number of nitrogens with one attached hydrogen (secondary N) is 1. The number of anilines is 1. The number of carbonyl (C=O) groups excluding carboxylic acids is 1. The molecule has 0 spiro atoms. The minimum atomic E-state index is -0.461. The van der Waals surface area contributed by atoms with Gasteiger partial charge in [0, 0.05) is 16.3 Å². The Bertz CT molecular complexity index is 1400. The van der Waals surface area contributed by atoms with Crippen LogP contribution < -0.4 is 10.9 Å². The van der Waals surface area contributed by atoms with Gasteiger partial charge in [0.05, 0.1) is 27.0 Å². The van der Waals surface area contributed by atoms with E-state index in [4.69, 9.17) is 4.42 Å². The van der Waals surface area contributed by atoms with E-state index in [9.17, 15) is 9.59 Å². The molecule has 0 radical (unpaired) electrons. The molecule has 5 rings (SSSR count). The van der Waals surface area contributed by atoms with Crippen molar-refractivity contribution in [1.29, 1.82) is 0 Å². The summed E-state index contributed by atoms with van der Waals surface area (Å²) < 4.78 is 6.30. The first-order chi connectivity index (χ1) is 13.7. The molecule has 6 nitrogen and oxygen atoms in total. The first-order valence-electron chi connectivity index (χ1n) is 8.31. The lowest BCUT2D eigenvalue weighted by molar-refractivity contribution is 0.102. The Labute approximate surface area is 166 Å². The predicted molar refractivity (Wildman–Crippen MR) is 111 cm³/mol. The summed E-state index contributed by atoms with van der Waals surface area (Å²) in [5, 5.41) is 5.73. The summed E-state index contributed by atoms with van der Waals surface area (Å²) in [6.45, 7) is 0. The molecule has 8 heteroatoms. The van der Waals surface area contributed by atoms with Crippen LogP contribution in [0.1, 0.15) is 10.4 Å². The number of hydrogen-bond acceptors (Lipinski definition) is 7. The Morgan fingerprint density at radius 1 is 1.07 bits per heavy atom. The lowest BCUT2D eigenvalue weighted by atomic mass is 10.1. The number of hydrogen-bond donors (Lipinski definition) is 1. The van der Waals surface area contributed by atoms with Gasteiger partial charge in [0.1, 0.15) is 5.58 Å². The van der Waals surface area contributed by atoms with E-state index >= 15 is 0 Å². The molecule has 5 aromatic rings. The van der Waals surface area contributed by atoms with Crippen molar-refractivity contribution in [1.82, 2.24) is 9.97 Å². The lowest BCUT2D eigenvalue weighted by Crippen LogP contribution is -2.11. The van der Waals surface area contributed by atoms with E-state index in [0.717, 1.165) is 15.6 Å². The molecule has 0 bridgehead atoms. The van der Waals surface area contributed by atoms with Crippen molar-refractivity contribution < 1.29 is 9.21 Å². The molecule has 0 fully saturated rings. The molecule has 0 saturated carbocycles. The van der Waals surface area contributed by atoms with Gasteiger partial charge in [-0.15, -0.1) is 22.7 Å². The van der Waals surface area contributed by atoms with Gasteiger partial charge in [0.25, 0.3) is 5.91 Å². The van der Waals surface area contributed by atoms with Crippen LogP contribution in [0.3, 0.4) is 0 Å². The van der Waals surface area contributed by atoms with E-state index in [-0.39, 0.29) is 5.91 Å². The standard InChI is InChI=1S/C20H11N3O3S2/c24-18(12-5-6-14-17(8-12)28-10-21-14)23-20-22-15(9-27-20)13-7-11-3-1-2-4-16(11)26-19(13)25/h1-10H,(H,22,23,24). The summed E-state index contributed by atoms with van der Waals surface area (Å²) in [5.74, 6) is -0.262. The van der Waals surface area contributed by atoms with Crippen LogP contribution in [-0.4, -0.2) is 15.9 Å². The number of fused-ring (bicyclic) bond motifs is 2. The van der Waals surface area contributed by atoms with E-state index in [1.165, 1.54) is 22.7 Å². The van der Waals surface area contributed by atoms with Gasteiger partial charge in [-0.3, -0.25) is 10.1 Å². The number of thiazole rings is 2. The molecular formula is C20H11N3O3S2. The lowest BCUT2D eigenvalue weighted by Gasteiger charge is -2.02. The first kappa shape index (κ1) is 16.8. The molecule has 1 N–H and O–H groups in total. The number of rotatable bonds is 3. The van der Waals surface area contributed by atoms with Crippen molar-refractivity contribution in [3.8, 4) is 11.3 Å². The number of amides is 1. The molecule has 2 aromatic carbocycles. The Kier molecular flexibility index (Phi) is 4.00. The Morgan fingerprint density at radius 3 is 2.89 bits per heavy atom. The van der Waals surface area contributed by atoms with Crippen LogP contribution in [0.15, 0.2) is 68.6 Å². The van der Waals surface area contributed by atoms with Crippen molar-refractivity contribution in [2.45, 2.75) is 0 Å². The smallest absolute Gasteiger partial charge is 0.345 e. The fraction of sp³-hybridized carbons (Fsp3) is 0. The second-order valence-electron chi connectivity index (χ2n) is 6.01. The zero-order valence-corrected chi connectivity index (χ0v) is 15.8. The van der Waals surface area contributed by atoms with E-state index in [0.29, 0.717) is 27.5 Å². The van der Waals surface area contributed by atoms with Crippen LogP contribution in [0.5, 0.6) is 0 Å². The Balaban J connectivity index is 1.44. The molecule has 0 unspecified atom stereocenters. The number of nitrogens with zero attached hydrogens (tertiary/aromatic N) is 2. The highest BCUT2D eigenvalue weighted by atomic mass is 32.1. The van der Waals surface area contributed by atoms with Crippen molar-refractivity contribution in [3.05, 3.63) is 75.4 Å². The minimum absolute atomic E-state index is 0.262. The normalized spacial score (nSPS) is 11.1. The summed E-state index contributed by atoms with van der Waals surface area (Å²) in [7, 11) is 0. The summed E-state index contributed by atoms with van der Waals surface area (Å²) >= 11 is 2.73. The van der Waals surface area contributed by atoms with Gasteiger partial charge in [0.2, 0.25) is 0 Å². The SMILES string of the molecule is O=C(Nc1nc(-c2cc3ccccc3oc2=O)cs1)c1ccc2ncsc2c1. The largest absolute Gasteiger partial charge is 0.422 e. The van der Waals surface area contributed by atoms with Crippen molar-refractivity contribution in [2.75, 3.05) is 5.32 Å². The third-order valence-corrected chi connectivity index (χ3v) is 5.78. The zero-order chi connectivity index (χ0) is 19.1. The molecule has 28 heavy (non-hydrogen) atoms. The van der Waals surface area contributed by atoms with E-state index in [2.05, 4.69) is 15.3 Å². The highest BCUT2D eigenvalue weighted by Crippen LogP contribution is 2.26. The van der Waals surface area contributed by atoms with Crippen LogP contribution in [0.25, 0.3) is 32.4 Å². The number of carbonyl (C=O) groups is 1. The average molecular weight is 405 g/mol. The first-order valence-corrected chi connectivity index (χ1v) is 10.1. The van der Waals surface area contributed by atoms with Crippen LogP contribution in [0, 0.1) is 0 Å². The number of para-hydroxylation sites is 1. The quantitative estimate of drug-likeness (QED) is 0.437. The third kappa shape index (κ3) is 2.98. The van der Waals surface area contributed by atoms with Crippen LogP contribution in [0.2, 0.25) is 0 Å². The molecule has 3 heterocycles. The van der Waals surface area contributed by atoms with Crippen molar-refractivity contribution in [2.24, 2.45) is 0 Å². The van der Waals surface area contributed by atoms with E-state index < -0.39 is 5.63 Å². The fourth-order valence-electron chi connectivity index (χ4n) is 2.86. The van der Waals surface area contributed by atoms with Gasteiger partial charge in [-0.2, -0.15) is 0 Å². The molecule has 0 aliphatic heterocycles. The van der Waals surface area contributed by atoms with Gasteiger partial charge in [0.15, 0.2) is 5.13 Å². The molecular weight excluding hydrogens is 394 g/mol. The van der Waals surface area contributed by atoms with E-state index in [1.807, 2.05) is 24.3 Å². The third-order valence-electron chi connectivity index (χ3n) is 4.24. The molecule has 1 amide bonds. The second-order valence-corrected chi connectivity index (χ2v) is 7.76. The average Bonchev–Trinajstić information content (AvgIpc) is 3.36. The zero-order valence-electron chi connectivity index (χ0n) is 14.2. The topological polar surface area (TPSA) is 85.1 Å².